The fourth-order valence-electron chi connectivity index (χ4n) is 1.59. The van der Waals surface area contributed by atoms with E-state index < -0.39 is 0 Å². The summed E-state index contributed by atoms with van der Waals surface area (Å²) in [5, 5.41) is 7.08. The topological polar surface area (TPSA) is 29.1 Å². The van der Waals surface area contributed by atoms with Crippen molar-refractivity contribution in [2.75, 3.05) is 6.54 Å². The van der Waals surface area contributed by atoms with Gasteiger partial charge < -0.3 is 5.32 Å². The molecule has 0 bridgehead atoms. The summed E-state index contributed by atoms with van der Waals surface area (Å²) >= 11 is 5.11. The van der Waals surface area contributed by atoms with Crippen LogP contribution < -0.4 is 5.32 Å². The molecule has 2 rings (SSSR count). The molecule has 0 aliphatic rings. The van der Waals surface area contributed by atoms with Gasteiger partial charge in [0.15, 0.2) is 0 Å². The third kappa shape index (κ3) is 3.43. The Kier molecular flexibility index (Phi) is 4.55. The maximum Gasteiger partial charge on any atom is 0.251 e. The molecule has 0 saturated carbocycles. The number of thiophene rings is 1. The lowest BCUT2D eigenvalue weighted by molar-refractivity contribution is 0.0954. The monoisotopic (exact) mass is 323 g/mol. The second-order valence-electron chi connectivity index (χ2n) is 4.10. The van der Waals surface area contributed by atoms with Gasteiger partial charge in [0.1, 0.15) is 0 Å². The number of rotatable bonds is 4. The Labute approximate surface area is 119 Å². The first kappa shape index (κ1) is 13.3. The summed E-state index contributed by atoms with van der Waals surface area (Å²) < 4.78 is 0.966. The van der Waals surface area contributed by atoms with E-state index in [0.29, 0.717) is 12.1 Å². The summed E-state index contributed by atoms with van der Waals surface area (Å²) in [6.07, 6.45) is 0.877. The molecule has 0 spiro atoms. The summed E-state index contributed by atoms with van der Waals surface area (Å²) in [5.41, 5.74) is 3.09. The van der Waals surface area contributed by atoms with Gasteiger partial charge in [-0.25, -0.2) is 0 Å². The van der Waals surface area contributed by atoms with E-state index >= 15 is 0 Å². The van der Waals surface area contributed by atoms with E-state index in [1.165, 1.54) is 5.56 Å². The normalized spacial score (nSPS) is 10.3. The van der Waals surface area contributed by atoms with Crippen molar-refractivity contribution in [2.45, 2.75) is 13.3 Å². The zero-order chi connectivity index (χ0) is 13.0. The van der Waals surface area contributed by atoms with Gasteiger partial charge >= 0.3 is 0 Å². The van der Waals surface area contributed by atoms with Crippen LogP contribution in [0.3, 0.4) is 0 Å². The van der Waals surface area contributed by atoms with Crippen LogP contribution in [-0.4, -0.2) is 12.5 Å². The van der Waals surface area contributed by atoms with Crippen LogP contribution in [0.1, 0.15) is 21.5 Å². The molecule has 1 amide bonds. The number of amides is 1. The van der Waals surface area contributed by atoms with Gasteiger partial charge in [-0.05, 0) is 53.4 Å². The fourth-order valence-corrected chi connectivity index (χ4v) is 2.67. The minimum atomic E-state index is -0.0223. The zero-order valence-electron chi connectivity index (χ0n) is 10.1. The average molecular weight is 324 g/mol. The third-order valence-electron chi connectivity index (χ3n) is 2.71. The molecule has 0 unspecified atom stereocenters. The van der Waals surface area contributed by atoms with Gasteiger partial charge in [0.05, 0.1) is 0 Å². The van der Waals surface area contributed by atoms with E-state index in [1.54, 1.807) is 11.3 Å². The van der Waals surface area contributed by atoms with Crippen LogP contribution in [0.15, 0.2) is 39.5 Å². The highest BCUT2D eigenvalue weighted by Gasteiger charge is 2.06. The molecule has 0 atom stereocenters. The quantitative estimate of drug-likeness (QED) is 0.911. The van der Waals surface area contributed by atoms with Crippen molar-refractivity contribution < 1.29 is 4.79 Å². The zero-order valence-corrected chi connectivity index (χ0v) is 12.5. The second kappa shape index (κ2) is 6.16. The standard InChI is InChI=1S/C14H14BrNOS/c1-10-2-3-12(8-13(10)15)14(17)16-6-4-11-5-7-18-9-11/h2-3,5,7-9H,4,6H2,1H3,(H,16,17). The van der Waals surface area contributed by atoms with Crippen molar-refractivity contribution in [3.63, 3.8) is 0 Å². The minimum absolute atomic E-state index is 0.0223. The molecule has 1 aromatic carbocycles. The Morgan fingerprint density at radius 1 is 1.39 bits per heavy atom. The van der Waals surface area contributed by atoms with Crippen molar-refractivity contribution in [2.24, 2.45) is 0 Å². The van der Waals surface area contributed by atoms with Gasteiger partial charge in [0.2, 0.25) is 0 Å². The molecule has 0 fully saturated rings. The summed E-state index contributed by atoms with van der Waals surface area (Å²) in [6.45, 7) is 2.67. The van der Waals surface area contributed by atoms with E-state index in [9.17, 15) is 4.79 Å². The lowest BCUT2D eigenvalue weighted by Gasteiger charge is -2.06. The van der Waals surface area contributed by atoms with Crippen molar-refractivity contribution in [1.82, 2.24) is 5.32 Å². The van der Waals surface area contributed by atoms with E-state index in [1.807, 2.05) is 30.5 Å². The maximum atomic E-state index is 11.9. The van der Waals surface area contributed by atoms with Crippen molar-refractivity contribution in [3.05, 3.63) is 56.2 Å². The molecule has 18 heavy (non-hydrogen) atoms. The first-order chi connectivity index (χ1) is 8.66. The van der Waals surface area contributed by atoms with Gasteiger partial charge in [-0.3, -0.25) is 4.79 Å². The molecule has 4 heteroatoms. The lowest BCUT2D eigenvalue weighted by atomic mass is 10.1. The summed E-state index contributed by atoms with van der Waals surface area (Å²) in [5.74, 6) is -0.0223. The number of carbonyl (C=O) groups excluding carboxylic acids is 1. The predicted octanol–water partition coefficient (Wildman–Crippen LogP) is 3.79. The second-order valence-corrected chi connectivity index (χ2v) is 5.74. The number of nitrogens with one attached hydrogen (secondary N) is 1. The fraction of sp³-hybridized carbons (Fsp3) is 0.214. The van der Waals surface area contributed by atoms with Crippen LogP contribution in [0.5, 0.6) is 0 Å². The molecular formula is C14H14BrNOS. The van der Waals surface area contributed by atoms with Gasteiger partial charge in [-0.15, -0.1) is 0 Å². The largest absolute Gasteiger partial charge is 0.352 e. The average Bonchev–Trinajstić information content (AvgIpc) is 2.85. The number of hydrogen-bond donors (Lipinski definition) is 1. The van der Waals surface area contributed by atoms with Gasteiger partial charge in [0.25, 0.3) is 5.91 Å². The number of halogens is 1. The summed E-state index contributed by atoms with van der Waals surface area (Å²) in [6, 6.07) is 7.73. The Morgan fingerprint density at radius 2 is 2.22 bits per heavy atom. The molecule has 0 aliphatic carbocycles. The number of hydrogen-bond acceptors (Lipinski definition) is 2. The van der Waals surface area contributed by atoms with Gasteiger partial charge in [0, 0.05) is 16.6 Å². The molecule has 1 heterocycles. The molecule has 0 saturated heterocycles. The van der Waals surface area contributed by atoms with Crippen LogP contribution in [0.25, 0.3) is 0 Å². The van der Waals surface area contributed by atoms with Crippen LogP contribution in [0.2, 0.25) is 0 Å². The Hall–Kier alpha value is -1.13. The number of aryl methyl sites for hydroxylation is 1. The molecule has 1 N–H and O–H groups in total. The Morgan fingerprint density at radius 3 is 2.89 bits per heavy atom. The van der Waals surface area contributed by atoms with Crippen LogP contribution in [0, 0.1) is 6.92 Å². The first-order valence-corrected chi connectivity index (χ1v) is 7.46. The molecule has 0 radical (unpaired) electrons. The summed E-state index contributed by atoms with van der Waals surface area (Å²) in [7, 11) is 0. The van der Waals surface area contributed by atoms with Crippen LogP contribution in [-0.2, 0) is 6.42 Å². The van der Waals surface area contributed by atoms with Crippen LogP contribution >= 0.6 is 27.3 Å². The van der Waals surface area contributed by atoms with Crippen molar-refractivity contribution in [3.8, 4) is 0 Å². The number of carbonyl (C=O) groups is 1. The van der Waals surface area contributed by atoms with Crippen LogP contribution in [0.4, 0.5) is 0 Å². The number of benzene rings is 1. The highest BCUT2D eigenvalue weighted by molar-refractivity contribution is 9.10. The molecule has 94 valence electrons. The molecule has 1 aromatic heterocycles. The molecule has 2 aromatic rings. The minimum Gasteiger partial charge on any atom is -0.352 e. The van der Waals surface area contributed by atoms with E-state index in [2.05, 4.69) is 32.7 Å². The Bertz CT molecular complexity index is 537. The van der Waals surface area contributed by atoms with Crippen molar-refractivity contribution >= 4 is 33.2 Å². The highest BCUT2D eigenvalue weighted by Crippen LogP contribution is 2.17. The predicted molar refractivity (Wildman–Crippen MR) is 79.2 cm³/mol. The maximum absolute atomic E-state index is 11.9. The molecular weight excluding hydrogens is 310 g/mol. The summed E-state index contributed by atoms with van der Waals surface area (Å²) in [4.78, 5) is 11.9. The van der Waals surface area contributed by atoms with E-state index in [4.69, 9.17) is 0 Å². The van der Waals surface area contributed by atoms with Gasteiger partial charge in [-0.1, -0.05) is 22.0 Å². The Balaban J connectivity index is 1.89. The van der Waals surface area contributed by atoms with E-state index in [0.717, 1.165) is 16.5 Å². The van der Waals surface area contributed by atoms with Crippen molar-refractivity contribution in [1.29, 1.82) is 0 Å². The SMILES string of the molecule is Cc1ccc(C(=O)NCCc2ccsc2)cc1Br. The molecule has 2 nitrogen and oxygen atoms in total. The highest BCUT2D eigenvalue weighted by atomic mass is 79.9. The third-order valence-corrected chi connectivity index (χ3v) is 4.30. The first-order valence-electron chi connectivity index (χ1n) is 5.72. The molecule has 0 aliphatic heterocycles. The van der Waals surface area contributed by atoms with E-state index in [-0.39, 0.29) is 5.91 Å². The van der Waals surface area contributed by atoms with Gasteiger partial charge in [-0.2, -0.15) is 11.3 Å². The smallest absolute Gasteiger partial charge is 0.251 e. The lowest BCUT2D eigenvalue weighted by Crippen LogP contribution is -2.25.